The molecular formula is C7H5F2NO2S. The van der Waals surface area contributed by atoms with Crippen LogP contribution in [0.25, 0.3) is 0 Å². The minimum atomic E-state index is -0.991. The van der Waals surface area contributed by atoms with Crippen LogP contribution in [0.2, 0.25) is 0 Å². The number of halogens is 2. The third kappa shape index (κ3) is 1.62. The van der Waals surface area contributed by atoms with Crippen molar-refractivity contribution in [3.05, 3.63) is 33.4 Å². The lowest BCUT2D eigenvalue weighted by Gasteiger charge is -2.02. The Balaban J connectivity index is 3.50. The molecule has 0 atom stereocenters. The van der Waals surface area contributed by atoms with E-state index in [1.54, 1.807) is 0 Å². The first-order chi connectivity index (χ1) is 5.95. The van der Waals surface area contributed by atoms with Gasteiger partial charge < -0.3 is 0 Å². The monoisotopic (exact) mass is 205 g/mol. The second-order valence-corrected chi connectivity index (χ2v) is 2.87. The van der Waals surface area contributed by atoms with Gasteiger partial charge in [0.25, 0.3) is 5.69 Å². The predicted octanol–water partition coefficient (Wildman–Crippen LogP) is 2.47. The van der Waals surface area contributed by atoms with Gasteiger partial charge in [-0.25, -0.2) is 8.78 Å². The Morgan fingerprint density at radius 3 is 2.54 bits per heavy atom. The van der Waals surface area contributed by atoms with Crippen molar-refractivity contribution in [2.75, 3.05) is 0 Å². The van der Waals surface area contributed by atoms with Crippen LogP contribution in [-0.2, 0) is 0 Å². The normalized spacial score (nSPS) is 10.2. The van der Waals surface area contributed by atoms with Gasteiger partial charge in [-0.3, -0.25) is 10.1 Å². The summed E-state index contributed by atoms with van der Waals surface area (Å²) in [6.45, 7) is 1.19. The minimum Gasteiger partial charge on any atom is -0.258 e. The highest BCUT2D eigenvalue weighted by molar-refractivity contribution is 7.80. The average molecular weight is 205 g/mol. The number of rotatable bonds is 1. The lowest BCUT2D eigenvalue weighted by molar-refractivity contribution is -0.388. The fourth-order valence-electron chi connectivity index (χ4n) is 0.831. The zero-order chi connectivity index (χ0) is 10.2. The molecule has 0 bridgehead atoms. The van der Waals surface area contributed by atoms with Crippen LogP contribution < -0.4 is 0 Å². The summed E-state index contributed by atoms with van der Waals surface area (Å²) >= 11 is 3.58. The first kappa shape index (κ1) is 9.91. The molecule has 1 aromatic carbocycles. The van der Waals surface area contributed by atoms with Gasteiger partial charge in [-0.15, -0.1) is 12.6 Å². The van der Waals surface area contributed by atoms with Crippen LogP contribution in [0.1, 0.15) is 5.56 Å². The summed E-state index contributed by atoms with van der Waals surface area (Å²) in [7, 11) is 0. The van der Waals surface area contributed by atoms with E-state index >= 15 is 0 Å². The Morgan fingerprint density at radius 1 is 1.54 bits per heavy atom. The molecule has 3 nitrogen and oxygen atoms in total. The SMILES string of the molecule is Cc1c(F)cc([N+](=O)[O-])c(S)c1F. The van der Waals surface area contributed by atoms with E-state index in [0.29, 0.717) is 6.07 Å². The molecule has 0 saturated heterocycles. The Kier molecular flexibility index (Phi) is 2.51. The average Bonchev–Trinajstić information content (AvgIpc) is 2.07. The van der Waals surface area contributed by atoms with Gasteiger partial charge in [-0.2, -0.15) is 0 Å². The molecule has 0 unspecified atom stereocenters. The van der Waals surface area contributed by atoms with Gasteiger partial charge >= 0.3 is 0 Å². The Hall–Kier alpha value is -1.17. The molecule has 0 spiro atoms. The van der Waals surface area contributed by atoms with Gasteiger partial charge in [0.15, 0.2) is 0 Å². The molecule has 0 aliphatic rings. The lowest BCUT2D eigenvalue weighted by atomic mass is 10.2. The van der Waals surface area contributed by atoms with E-state index in [4.69, 9.17) is 0 Å². The van der Waals surface area contributed by atoms with Crippen LogP contribution in [0, 0.1) is 28.7 Å². The van der Waals surface area contributed by atoms with Gasteiger partial charge in [0, 0.05) is 5.56 Å². The first-order valence-corrected chi connectivity index (χ1v) is 3.71. The molecule has 0 fully saturated rings. The molecule has 1 rings (SSSR count). The molecule has 13 heavy (non-hydrogen) atoms. The molecule has 0 aliphatic carbocycles. The quantitative estimate of drug-likeness (QED) is 0.434. The Bertz CT molecular complexity index is 381. The largest absolute Gasteiger partial charge is 0.288 e. The summed E-state index contributed by atoms with van der Waals surface area (Å²) in [6.07, 6.45) is 0. The summed E-state index contributed by atoms with van der Waals surface area (Å²) in [6, 6.07) is 0.654. The van der Waals surface area contributed by atoms with E-state index in [0.717, 1.165) is 0 Å². The van der Waals surface area contributed by atoms with E-state index < -0.39 is 27.1 Å². The summed E-state index contributed by atoms with van der Waals surface area (Å²) in [5.74, 6) is -1.93. The highest BCUT2D eigenvalue weighted by atomic mass is 32.1. The fraction of sp³-hybridized carbons (Fsp3) is 0.143. The summed E-state index contributed by atoms with van der Waals surface area (Å²) < 4.78 is 25.8. The smallest absolute Gasteiger partial charge is 0.258 e. The number of hydrogen-bond acceptors (Lipinski definition) is 3. The number of nitro benzene ring substituents is 1. The molecule has 1 aromatic rings. The second-order valence-electron chi connectivity index (χ2n) is 2.42. The maximum Gasteiger partial charge on any atom is 0.288 e. The number of hydrogen-bond donors (Lipinski definition) is 1. The van der Waals surface area contributed by atoms with Crippen molar-refractivity contribution in [2.24, 2.45) is 0 Å². The molecule has 6 heteroatoms. The van der Waals surface area contributed by atoms with Gasteiger partial charge in [0.1, 0.15) is 16.5 Å². The van der Waals surface area contributed by atoms with Crippen molar-refractivity contribution in [3.8, 4) is 0 Å². The van der Waals surface area contributed by atoms with E-state index in [1.807, 2.05) is 0 Å². The lowest BCUT2D eigenvalue weighted by Crippen LogP contribution is -1.97. The van der Waals surface area contributed by atoms with Crippen molar-refractivity contribution in [2.45, 2.75) is 11.8 Å². The third-order valence-corrected chi connectivity index (χ3v) is 2.02. The topological polar surface area (TPSA) is 43.1 Å². The molecule has 0 saturated carbocycles. The molecule has 0 amide bonds. The number of nitrogens with zero attached hydrogens (tertiary/aromatic N) is 1. The van der Waals surface area contributed by atoms with Gasteiger partial charge in [0.2, 0.25) is 0 Å². The van der Waals surface area contributed by atoms with Gasteiger partial charge in [0.05, 0.1) is 11.0 Å². The maximum absolute atomic E-state index is 13.0. The molecule has 0 aromatic heterocycles. The second kappa shape index (κ2) is 3.29. The number of benzene rings is 1. The summed E-state index contributed by atoms with van der Waals surface area (Å²) in [5, 5.41) is 10.3. The Labute approximate surface area is 77.9 Å². The highest BCUT2D eigenvalue weighted by Crippen LogP contribution is 2.29. The molecular weight excluding hydrogens is 200 g/mol. The fourth-order valence-corrected chi connectivity index (χ4v) is 1.14. The molecule has 0 radical (unpaired) electrons. The van der Waals surface area contributed by atoms with Crippen LogP contribution in [0.15, 0.2) is 11.0 Å². The highest BCUT2D eigenvalue weighted by Gasteiger charge is 2.20. The zero-order valence-electron chi connectivity index (χ0n) is 6.54. The Morgan fingerprint density at radius 2 is 2.08 bits per heavy atom. The molecule has 0 aliphatic heterocycles. The standard InChI is InChI=1S/C7H5F2NO2S/c1-3-4(8)2-5(10(11)12)7(13)6(3)9/h2,13H,1H3. The third-order valence-electron chi connectivity index (χ3n) is 1.60. The zero-order valence-corrected chi connectivity index (χ0v) is 7.44. The van der Waals surface area contributed by atoms with Crippen LogP contribution in [0.5, 0.6) is 0 Å². The van der Waals surface area contributed by atoms with Crippen LogP contribution >= 0.6 is 12.6 Å². The van der Waals surface area contributed by atoms with Crippen molar-refractivity contribution in [3.63, 3.8) is 0 Å². The molecule has 70 valence electrons. The van der Waals surface area contributed by atoms with Gasteiger partial charge in [-0.05, 0) is 6.92 Å². The molecule has 0 N–H and O–H groups in total. The number of nitro groups is 1. The van der Waals surface area contributed by atoms with Crippen LogP contribution in [0.3, 0.4) is 0 Å². The first-order valence-electron chi connectivity index (χ1n) is 3.27. The summed E-state index contributed by atoms with van der Waals surface area (Å²) in [5.41, 5.74) is -0.931. The molecule has 0 heterocycles. The van der Waals surface area contributed by atoms with E-state index in [9.17, 15) is 18.9 Å². The van der Waals surface area contributed by atoms with Crippen molar-refractivity contribution < 1.29 is 13.7 Å². The maximum atomic E-state index is 13.0. The van der Waals surface area contributed by atoms with Crippen molar-refractivity contribution in [1.29, 1.82) is 0 Å². The van der Waals surface area contributed by atoms with E-state index in [2.05, 4.69) is 12.6 Å². The predicted molar refractivity (Wildman–Crippen MR) is 45.0 cm³/mol. The van der Waals surface area contributed by atoms with Crippen LogP contribution in [-0.4, -0.2) is 4.92 Å². The summed E-state index contributed by atoms with van der Waals surface area (Å²) in [4.78, 5) is 8.94. The van der Waals surface area contributed by atoms with E-state index in [-0.39, 0.29) is 5.56 Å². The minimum absolute atomic E-state index is 0.268. The van der Waals surface area contributed by atoms with Crippen LogP contribution in [0.4, 0.5) is 14.5 Å². The van der Waals surface area contributed by atoms with E-state index in [1.165, 1.54) is 6.92 Å². The van der Waals surface area contributed by atoms with Gasteiger partial charge in [-0.1, -0.05) is 0 Å². The van der Waals surface area contributed by atoms with Crippen molar-refractivity contribution >= 4 is 18.3 Å². The van der Waals surface area contributed by atoms with Crippen molar-refractivity contribution in [1.82, 2.24) is 0 Å². The number of thiol groups is 1.